The number of fused-ring (bicyclic) bond motifs is 1. The number of nitrogens with one attached hydrogen (secondary N) is 1. The van der Waals surface area contributed by atoms with E-state index in [0.29, 0.717) is 31.0 Å². The Kier molecular flexibility index (Phi) is 3.43. The molecule has 1 aliphatic rings. The van der Waals surface area contributed by atoms with Gasteiger partial charge in [-0.3, -0.25) is 14.5 Å². The van der Waals surface area contributed by atoms with Crippen LogP contribution in [0.4, 0.5) is 10.7 Å². The molecule has 1 aliphatic heterocycles. The van der Waals surface area contributed by atoms with E-state index in [1.54, 1.807) is 16.7 Å². The summed E-state index contributed by atoms with van der Waals surface area (Å²) in [5.74, 6) is -1.03. The second kappa shape index (κ2) is 5.39. The highest BCUT2D eigenvalue weighted by molar-refractivity contribution is 5.88. The number of anilines is 1. The number of carboxylic acid groups (broad SMARTS) is 1. The molecule has 21 heavy (non-hydrogen) atoms. The summed E-state index contributed by atoms with van der Waals surface area (Å²) in [7, 11) is 0. The Bertz CT molecular complexity index is 683. The van der Waals surface area contributed by atoms with Crippen molar-refractivity contribution in [1.29, 1.82) is 0 Å². The molecule has 0 spiro atoms. The number of urea groups is 1. The van der Waals surface area contributed by atoms with E-state index in [9.17, 15) is 9.59 Å². The number of carboxylic acids is 1. The minimum absolute atomic E-state index is 0.220. The molecule has 1 fully saturated rings. The quantitative estimate of drug-likeness (QED) is 0.861. The number of likely N-dealkylation sites (tertiary alicyclic amines) is 1. The van der Waals surface area contributed by atoms with E-state index in [2.05, 4.69) is 15.5 Å². The molecule has 2 aromatic rings. The van der Waals surface area contributed by atoms with Gasteiger partial charge in [-0.15, -0.1) is 10.2 Å². The van der Waals surface area contributed by atoms with Gasteiger partial charge in [0.15, 0.2) is 5.65 Å². The van der Waals surface area contributed by atoms with Crippen molar-refractivity contribution in [2.75, 3.05) is 18.4 Å². The number of carbonyl (C=O) groups excluding carboxylic acids is 1. The summed E-state index contributed by atoms with van der Waals surface area (Å²) in [4.78, 5) is 24.8. The summed E-state index contributed by atoms with van der Waals surface area (Å²) < 4.78 is 1.66. The van der Waals surface area contributed by atoms with Crippen molar-refractivity contribution in [3.63, 3.8) is 0 Å². The van der Waals surface area contributed by atoms with Crippen LogP contribution in [0.1, 0.15) is 12.8 Å². The SMILES string of the molecule is O=C(O)C1CCCN(C(=O)Nc2nnc3ccccn23)C1. The van der Waals surface area contributed by atoms with Crippen LogP contribution >= 0.6 is 0 Å². The second-order valence-corrected chi connectivity index (χ2v) is 5.01. The zero-order valence-corrected chi connectivity index (χ0v) is 11.3. The lowest BCUT2D eigenvalue weighted by atomic mass is 9.99. The Morgan fingerprint density at radius 1 is 1.33 bits per heavy atom. The highest BCUT2D eigenvalue weighted by Crippen LogP contribution is 2.17. The fraction of sp³-hybridized carbons (Fsp3) is 0.385. The van der Waals surface area contributed by atoms with Crippen LogP contribution in [0, 0.1) is 5.92 Å². The maximum absolute atomic E-state index is 12.2. The molecular weight excluding hydrogens is 274 g/mol. The standard InChI is InChI=1S/C13H15N5O3/c19-11(20)9-4-3-6-17(8-9)13(21)14-12-16-15-10-5-1-2-7-18(10)12/h1-2,5,7,9H,3-4,6,8H2,(H,19,20)(H,14,16,21). The lowest BCUT2D eigenvalue weighted by Crippen LogP contribution is -2.44. The van der Waals surface area contributed by atoms with E-state index in [0.717, 1.165) is 0 Å². The highest BCUT2D eigenvalue weighted by Gasteiger charge is 2.28. The van der Waals surface area contributed by atoms with E-state index in [4.69, 9.17) is 5.11 Å². The van der Waals surface area contributed by atoms with Gasteiger partial charge in [-0.2, -0.15) is 0 Å². The van der Waals surface area contributed by atoms with Crippen LogP contribution in [-0.4, -0.2) is 49.7 Å². The number of hydrogen-bond donors (Lipinski definition) is 2. The van der Waals surface area contributed by atoms with E-state index in [1.807, 2.05) is 12.1 Å². The first-order valence-electron chi connectivity index (χ1n) is 6.73. The third kappa shape index (κ3) is 2.64. The van der Waals surface area contributed by atoms with E-state index in [1.165, 1.54) is 4.90 Å². The monoisotopic (exact) mass is 289 g/mol. The number of rotatable bonds is 2. The van der Waals surface area contributed by atoms with Crippen LogP contribution in [0.15, 0.2) is 24.4 Å². The van der Waals surface area contributed by atoms with Gasteiger partial charge in [0.2, 0.25) is 5.95 Å². The van der Waals surface area contributed by atoms with Crippen LogP contribution in [0.2, 0.25) is 0 Å². The van der Waals surface area contributed by atoms with Crippen LogP contribution in [0.5, 0.6) is 0 Å². The van der Waals surface area contributed by atoms with Crippen molar-refractivity contribution < 1.29 is 14.7 Å². The van der Waals surface area contributed by atoms with Crippen molar-refractivity contribution in [3.8, 4) is 0 Å². The Morgan fingerprint density at radius 2 is 2.19 bits per heavy atom. The van der Waals surface area contributed by atoms with Crippen molar-refractivity contribution in [2.45, 2.75) is 12.8 Å². The van der Waals surface area contributed by atoms with Crippen LogP contribution < -0.4 is 5.32 Å². The van der Waals surface area contributed by atoms with E-state index >= 15 is 0 Å². The Hall–Kier alpha value is -2.64. The van der Waals surface area contributed by atoms with Crippen molar-refractivity contribution in [1.82, 2.24) is 19.5 Å². The van der Waals surface area contributed by atoms with E-state index in [-0.39, 0.29) is 12.6 Å². The summed E-state index contributed by atoms with van der Waals surface area (Å²) in [6.45, 7) is 0.768. The molecule has 0 saturated carbocycles. The first kappa shape index (κ1) is 13.3. The molecule has 3 rings (SSSR count). The predicted molar refractivity (Wildman–Crippen MR) is 73.9 cm³/mol. The van der Waals surface area contributed by atoms with Crippen LogP contribution in [-0.2, 0) is 4.79 Å². The van der Waals surface area contributed by atoms with Gasteiger partial charge in [0.1, 0.15) is 0 Å². The summed E-state index contributed by atoms with van der Waals surface area (Å²) in [5, 5.41) is 19.6. The molecule has 8 heteroatoms. The number of aromatic nitrogens is 3. The fourth-order valence-corrected chi connectivity index (χ4v) is 2.46. The lowest BCUT2D eigenvalue weighted by molar-refractivity contribution is -0.143. The molecule has 0 aromatic carbocycles. The molecule has 2 aromatic heterocycles. The Balaban J connectivity index is 1.72. The fourth-order valence-electron chi connectivity index (χ4n) is 2.46. The number of amides is 2. The zero-order valence-electron chi connectivity index (χ0n) is 11.3. The number of carbonyl (C=O) groups is 2. The number of hydrogen-bond acceptors (Lipinski definition) is 4. The molecule has 1 atom stereocenters. The minimum Gasteiger partial charge on any atom is -0.481 e. The predicted octanol–water partition coefficient (Wildman–Crippen LogP) is 1.06. The third-order valence-electron chi connectivity index (χ3n) is 3.59. The number of pyridine rings is 1. The highest BCUT2D eigenvalue weighted by atomic mass is 16.4. The van der Waals surface area contributed by atoms with Gasteiger partial charge in [-0.25, -0.2) is 4.79 Å². The van der Waals surface area contributed by atoms with Gasteiger partial charge in [0.25, 0.3) is 0 Å². The van der Waals surface area contributed by atoms with Gasteiger partial charge in [0.05, 0.1) is 5.92 Å². The first-order chi connectivity index (χ1) is 10.1. The van der Waals surface area contributed by atoms with Gasteiger partial charge >= 0.3 is 12.0 Å². The van der Waals surface area contributed by atoms with Crippen molar-refractivity contribution >= 4 is 23.6 Å². The molecule has 0 radical (unpaired) electrons. The molecule has 1 unspecified atom stereocenters. The van der Waals surface area contributed by atoms with Gasteiger partial charge in [-0.1, -0.05) is 6.07 Å². The molecule has 3 heterocycles. The van der Waals surface area contributed by atoms with Gasteiger partial charge in [0, 0.05) is 19.3 Å². The zero-order chi connectivity index (χ0) is 14.8. The molecule has 2 N–H and O–H groups in total. The van der Waals surface area contributed by atoms with Crippen LogP contribution in [0.3, 0.4) is 0 Å². The topological polar surface area (TPSA) is 99.8 Å². The molecular formula is C13H15N5O3. The summed E-state index contributed by atoms with van der Waals surface area (Å²) in [5.41, 5.74) is 0.634. The molecule has 8 nitrogen and oxygen atoms in total. The smallest absolute Gasteiger partial charge is 0.324 e. The second-order valence-electron chi connectivity index (χ2n) is 5.01. The van der Waals surface area contributed by atoms with Gasteiger partial charge in [-0.05, 0) is 25.0 Å². The van der Waals surface area contributed by atoms with Crippen LogP contribution in [0.25, 0.3) is 5.65 Å². The Labute approximate surface area is 120 Å². The summed E-state index contributed by atoms with van der Waals surface area (Å²) in [6, 6.07) is 5.08. The molecule has 1 saturated heterocycles. The van der Waals surface area contributed by atoms with Gasteiger partial charge < -0.3 is 10.0 Å². The maximum atomic E-state index is 12.2. The maximum Gasteiger partial charge on any atom is 0.324 e. The number of aliphatic carboxylic acids is 1. The average molecular weight is 289 g/mol. The largest absolute Gasteiger partial charge is 0.481 e. The average Bonchev–Trinajstić information content (AvgIpc) is 2.91. The van der Waals surface area contributed by atoms with Crippen molar-refractivity contribution in [3.05, 3.63) is 24.4 Å². The summed E-state index contributed by atoms with van der Waals surface area (Å²) in [6.07, 6.45) is 3.04. The van der Waals surface area contributed by atoms with Crippen molar-refractivity contribution in [2.24, 2.45) is 5.92 Å². The number of nitrogens with zero attached hydrogens (tertiary/aromatic N) is 4. The molecule has 0 bridgehead atoms. The molecule has 0 aliphatic carbocycles. The molecule has 110 valence electrons. The van der Waals surface area contributed by atoms with E-state index < -0.39 is 11.9 Å². The first-order valence-corrected chi connectivity index (χ1v) is 6.73. The number of piperidine rings is 1. The third-order valence-corrected chi connectivity index (χ3v) is 3.59. The Morgan fingerprint density at radius 3 is 3.00 bits per heavy atom. The lowest BCUT2D eigenvalue weighted by Gasteiger charge is -2.30. The minimum atomic E-state index is -0.861. The molecule has 2 amide bonds. The summed E-state index contributed by atoms with van der Waals surface area (Å²) >= 11 is 0. The normalized spacial score (nSPS) is 18.7.